The van der Waals surface area contributed by atoms with Crippen molar-refractivity contribution in [2.24, 2.45) is 5.73 Å². The van der Waals surface area contributed by atoms with Crippen LogP contribution in [-0.4, -0.2) is 23.0 Å². The van der Waals surface area contributed by atoms with Gasteiger partial charge in [-0.25, -0.2) is 9.97 Å². The second-order valence-electron chi connectivity index (χ2n) is 3.47. The molecule has 1 amide bonds. The smallest absolute Gasteiger partial charge is 0.272 e. The van der Waals surface area contributed by atoms with E-state index in [1.54, 1.807) is 25.3 Å². The summed E-state index contributed by atoms with van der Waals surface area (Å²) in [6.45, 7) is 0. The third-order valence-electron chi connectivity index (χ3n) is 2.24. The predicted molar refractivity (Wildman–Crippen MR) is 71.3 cm³/mol. The molecule has 0 radical (unpaired) electrons. The van der Waals surface area contributed by atoms with Gasteiger partial charge >= 0.3 is 0 Å². The number of methoxy groups -OCH3 is 1. The zero-order valence-corrected chi connectivity index (χ0v) is 11.5. The Hall–Kier alpha value is -2.15. The van der Waals surface area contributed by atoms with Crippen LogP contribution in [0.5, 0.6) is 17.4 Å². The first-order valence-corrected chi connectivity index (χ1v) is 6.03. The van der Waals surface area contributed by atoms with Gasteiger partial charge in [-0.15, -0.1) is 0 Å². The van der Waals surface area contributed by atoms with E-state index in [1.807, 2.05) is 0 Å². The Labute approximate surface area is 117 Å². The molecule has 2 rings (SSSR count). The molecule has 0 fully saturated rings. The van der Waals surface area contributed by atoms with Crippen molar-refractivity contribution in [3.8, 4) is 17.4 Å². The van der Waals surface area contributed by atoms with Gasteiger partial charge in [0.15, 0.2) is 5.69 Å². The van der Waals surface area contributed by atoms with Crippen molar-refractivity contribution in [3.63, 3.8) is 0 Å². The van der Waals surface area contributed by atoms with Crippen LogP contribution in [-0.2, 0) is 0 Å². The van der Waals surface area contributed by atoms with Gasteiger partial charge in [0, 0.05) is 12.4 Å². The van der Waals surface area contributed by atoms with Crippen molar-refractivity contribution < 1.29 is 14.3 Å². The van der Waals surface area contributed by atoms with Gasteiger partial charge in [0.1, 0.15) is 11.5 Å². The third kappa shape index (κ3) is 3.00. The zero-order chi connectivity index (χ0) is 13.8. The van der Waals surface area contributed by atoms with Gasteiger partial charge in [-0.1, -0.05) is 0 Å². The number of rotatable bonds is 4. The monoisotopic (exact) mass is 323 g/mol. The third-order valence-corrected chi connectivity index (χ3v) is 2.86. The fourth-order valence-corrected chi connectivity index (χ4v) is 1.80. The first kappa shape index (κ1) is 13.3. The summed E-state index contributed by atoms with van der Waals surface area (Å²) in [5.41, 5.74) is 5.18. The maximum Gasteiger partial charge on any atom is 0.272 e. The molecule has 0 aliphatic heterocycles. The highest BCUT2D eigenvalue weighted by Crippen LogP contribution is 2.32. The molecule has 0 saturated heterocycles. The summed E-state index contributed by atoms with van der Waals surface area (Å²) in [5, 5.41) is 0. The van der Waals surface area contributed by atoms with Crippen LogP contribution in [0.25, 0.3) is 0 Å². The minimum Gasteiger partial charge on any atom is -0.497 e. The van der Waals surface area contributed by atoms with Crippen LogP contribution in [0.1, 0.15) is 10.5 Å². The number of hydrogen-bond acceptors (Lipinski definition) is 5. The Morgan fingerprint density at radius 2 is 2.05 bits per heavy atom. The molecule has 6 nitrogen and oxygen atoms in total. The van der Waals surface area contributed by atoms with Gasteiger partial charge in [-0.3, -0.25) is 4.79 Å². The molecule has 98 valence electrons. The maximum absolute atomic E-state index is 11.2. The van der Waals surface area contributed by atoms with E-state index < -0.39 is 5.91 Å². The fraction of sp³-hybridized carbons (Fsp3) is 0.0833. The van der Waals surface area contributed by atoms with Gasteiger partial charge in [-0.05, 0) is 34.1 Å². The molecule has 0 atom stereocenters. The van der Waals surface area contributed by atoms with Crippen LogP contribution in [0.3, 0.4) is 0 Å². The standard InChI is InChI=1S/C12H10BrN3O3/c1-18-7-2-3-9(8(13)6-7)19-12-10(11(14)17)15-4-5-16-12/h2-6H,1H3,(H2,14,17). The minimum atomic E-state index is -0.701. The number of hydrogen-bond donors (Lipinski definition) is 1. The second-order valence-corrected chi connectivity index (χ2v) is 4.33. The summed E-state index contributed by atoms with van der Waals surface area (Å²) in [6.07, 6.45) is 2.79. The Morgan fingerprint density at radius 3 is 2.68 bits per heavy atom. The highest BCUT2D eigenvalue weighted by atomic mass is 79.9. The highest BCUT2D eigenvalue weighted by molar-refractivity contribution is 9.10. The normalized spacial score (nSPS) is 10.0. The van der Waals surface area contributed by atoms with Crippen LogP contribution in [0.4, 0.5) is 0 Å². The quantitative estimate of drug-likeness (QED) is 0.931. The van der Waals surface area contributed by atoms with Crippen LogP contribution in [0.2, 0.25) is 0 Å². The Balaban J connectivity index is 2.34. The zero-order valence-electron chi connectivity index (χ0n) is 9.96. The summed E-state index contributed by atoms with van der Waals surface area (Å²) in [7, 11) is 1.57. The van der Waals surface area contributed by atoms with Crippen LogP contribution in [0, 0.1) is 0 Å². The number of nitrogens with two attached hydrogens (primary N) is 1. The summed E-state index contributed by atoms with van der Waals surface area (Å²) in [4.78, 5) is 19.0. The van der Waals surface area contributed by atoms with E-state index in [9.17, 15) is 4.79 Å². The number of halogens is 1. The number of primary amides is 1. The van der Waals surface area contributed by atoms with E-state index in [-0.39, 0.29) is 11.6 Å². The molecule has 0 unspecified atom stereocenters. The first-order chi connectivity index (χ1) is 9.11. The highest BCUT2D eigenvalue weighted by Gasteiger charge is 2.14. The molecule has 19 heavy (non-hydrogen) atoms. The van der Waals surface area contributed by atoms with Crippen LogP contribution < -0.4 is 15.2 Å². The molecular weight excluding hydrogens is 314 g/mol. The predicted octanol–water partition coefficient (Wildman–Crippen LogP) is 2.14. The van der Waals surface area contributed by atoms with E-state index >= 15 is 0 Å². The number of benzene rings is 1. The van der Waals surface area contributed by atoms with E-state index in [2.05, 4.69) is 25.9 Å². The summed E-state index contributed by atoms with van der Waals surface area (Å²) >= 11 is 3.34. The minimum absolute atomic E-state index is 0.0229. The summed E-state index contributed by atoms with van der Waals surface area (Å²) in [5.74, 6) is 0.505. The average molecular weight is 324 g/mol. The number of nitrogens with zero attached hydrogens (tertiary/aromatic N) is 2. The molecule has 0 aliphatic carbocycles. The molecule has 0 aliphatic rings. The van der Waals surface area contributed by atoms with Gasteiger partial charge in [-0.2, -0.15) is 0 Å². The topological polar surface area (TPSA) is 87.3 Å². The lowest BCUT2D eigenvalue weighted by Gasteiger charge is -2.09. The van der Waals surface area contributed by atoms with E-state index in [1.165, 1.54) is 12.4 Å². The SMILES string of the molecule is COc1ccc(Oc2nccnc2C(N)=O)c(Br)c1. The van der Waals surface area contributed by atoms with E-state index in [0.717, 1.165) is 0 Å². The van der Waals surface area contributed by atoms with Crippen molar-refractivity contribution in [1.82, 2.24) is 9.97 Å². The lowest BCUT2D eigenvalue weighted by Crippen LogP contribution is -2.14. The molecule has 1 aromatic carbocycles. The molecule has 2 N–H and O–H groups in total. The maximum atomic E-state index is 11.2. The molecule has 0 saturated carbocycles. The molecule has 0 bridgehead atoms. The lowest BCUT2D eigenvalue weighted by molar-refractivity contribution is 0.0992. The molecule has 0 spiro atoms. The first-order valence-electron chi connectivity index (χ1n) is 5.24. The number of carbonyl (C=O) groups excluding carboxylic acids is 1. The number of carbonyl (C=O) groups is 1. The fourth-order valence-electron chi connectivity index (χ4n) is 1.36. The van der Waals surface area contributed by atoms with Gasteiger partial charge in [0.25, 0.3) is 11.8 Å². The Kier molecular flexibility index (Phi) is 3.96. The molecule has 2 aromatic rings. The van der Waals surface area contributed by atoms with Crippen molar-refractivity contribution in [3.05, 3.63) is 40.8 Å². The van der Waals surface area contributed by atoms with Crippen LogP contribution in [0.15, 0.2) is 35.1 Å². The largest absolute Gasteiger partial charge is 0.497 e. The van der Waals surface area contributed by atoms with Gasteiger partial charge in [0.2, 0.25) is 0 Å². The molecule has 7 heteroatoms. The van der Waals surface area contributed by atoms with Gasteiger partial charge < -0.3 is 15.2 Å². The van der Waals surface area contributed by atoms with Crippen molar-refractivity contribution >= 4 is 21.8 Å². The summed E-state index contributed by atoms with van der Waals surface area (Å²) in [6, 6.07) is 5.14. The molecular formula is C12H10BrN3O3. The van der Waals surface area contributed by atoms with Crippen molar-refractivity contribution in [1.29, 1.82) is 0 Å². The molecule has 1 heterocycles. The van der Waals surface area contributed by atoms with Gasteiger partial charge in [0.05, 0.1) is 11.6 Å². The second kappa shape index (κ2) is 5.66. The molecule has 1 aromatic heterocycles. The summed E-state index contributed by atoms with van der Waals surface area (Å²) < 4.78 is 11.3. The van der Waals surface area contributed by atoms with Crippen molar-refractivity contribution in [2.75, 3.05) is 7.11 Å². The number of aromatic nitrogens is 2. The van der Waals surface area contributed by atoms with E-state index in [4.69, 9.17) is 15.2 Å². The van der Waals surface area contributed by atoms with Crippen molar-refractivity contribution in [2.45, 2.75) is 0 Å². The average Bonchev–Trinajstić information content (AvgIpc) is 2.41. The lowest BCUT2D eigenvalue weighted by atomic mass is 10.3. The number of amides is 1. The van der Waals surface area contributed by atoms with E-state index in [0.29, 0.717) is 16.0 Å². The Morgan fingerprint density at radius 1 is 1.32 bits per heavy atom. The van der Waals surface area contributed by atoms with Crippen LogP contribution >= 0.6 is 15.9 Å². The Bertz CT molecular complexity index is 619. The number of ether oxygens (including phenoxy) is 2.